The van der Waals surface area contributed by atoms with Crippen molar-refractivity contribution in [1.29, 1.82) is 0 Å². The van der Waals surface area contributed by atoms with E-state index in [-0.39, 0.29) is 23.5 Å². The molecule has 1 aliphatic heterocycles. The Morgan fingerprint density at radius 3 is 2.27 bits per heavy atom. The molecule has 1 fully saturated rings. The van der Waals surface area contributed by atoms with Crippen LogP contribution in [0.5, 0.6) is 0 Å². The molecule has 1 amide bonds. The van der Waals surface area contributed by atoms with Gasteiger partial charge in [0.2, 0.25) is 0 Å². The fourth-order valence-electron chi connectivity index (χ4n) is 3.32. The molecule has 0 unspecified atom stereocenters. The number of carbonyl (C=O) groups is 1. The van der Waals surface area contributed by atoms with Gasteiger partial charge in [-0.2, -0.15) is 0 Å². The molecule has 0 spiro atoms. The van der Waals surface area contributed by atoms with Crippen molar-refractivity contribution in [2.75, 3.05) is 13.1 Å². The first kappa shape index (κ1) is 18.5. The van der Waals surface area contributed by atoms with Gasteiger partial charge in [0, 0.05) is 6.54 Å². The van der Waals surface area contributed by atoms with Crippen LogP contribution >= 0.6 is 0 Å². The van der Waals surface area contributed by atoms with E-state index in [1.165, 1.54) is 6.33 Å². The lowest BCUT2D eigenvalue weighted by Crippen LogP contribution is -2.51. The van der Waals surface area contributed by atoms with Gasteiger partial charge in [-0.15, -0.1) is 0 Å². The second kappa shape index (κ2) is 7.16. The van der Waals surface area contributed by atoms with Crippen molar-refractivity contribution in [3.8, 4) is 0 Å². The van der Waals surface area contributed by atoms with Gasteiger partial charge in [0.05, 0.1) is 29.6 Å². The van der Waals surface area contributed by atoms with E-state index in [9.17, 15) is 4.79 Å². The van der Waals surface area contributed by atoms with Gasteiger partial charge in [-0.25, -0.2) is 9.97 Å². The van der Waals surface area contributed by atoms with Crippen molar-refractivity contribution in [2.45, 2.75) is 46.8 Å². The van der Waals surface area contributed by atoms with Gasteiger partial charge >= 0.3 is 0 Å². The molecule has 2 atom stereocenters. The summed E-state index contributed by atoms with van der Waals surface area (Å²) in [6.45, 7) is 11.3. The minimum Gasteiger partial charge on any atom is -0.366 e. The van der Waals surface area contributed by atoms with Crippen LogP contribution in [0.1, 0.15) is 54.2 Å². The molecule has 1 saturated heterocycles. The lowest BCUT2D eigenvalue weighted by atomic mass is 9.87. The number of morpholine rings is 1. The first-order valence-corrected chi connectivity index (χ1v) is 9.05. The van der Waals surface area contributed by atoms with Gasteiger partial charge in [-0.3, -0.25) is 4.79 Å². The second-order valence-electron chi connectivity index (χ2n) is 8.02. The average molecular weight is 353 g/mol. The Morgan fingerprint density at radius 1 is 1.08 bits per heavy atom. The standard InChI is InChI=1S/C21H27N3O2/c1-14-19(15(2)23-13-22-14)20(25)24-11-17(16-9-7-6-8-10-16)26-18(12-24)21(3,4)5/h6-10,13,17-18H,11-12H2,1-5H3/t17-,18+/m0/s1. The molecule has 1 aromatic heterocycles. The Morgan fingerprint density at radius 2 is 1.69 bits per heavy atom. The predicted molar refractivity (Wildman–Crippen MR) is 101 cm³/mol. The van der Waals surface area contributed by atoms with Gasteiger partial charge in [-0.1, -0.05) is 51.1 Å². The first-order chi connectivity index (χ1) is 12.3. The van der Waals surface area contributed by atoms with E-state index in [0.717, 1.165) is 17.0 Å². The highest BCUT2D eigenvalue weighted by molar-refractivity contribution is 5.96. The van der Waals surface area contributed by atoms with Crippen molar-refractivity contribution in [3.05, 3.63) is 59.2 Å². The number of benzene rings is 1. The molecule has 5 heteroatoms. The van der Waals surface area contributed by atoms with E-state index in [0.29, 0.717) is 18.7 Å². The minimum absolute atomic E-state index is 0.0147. The number of aromatic nitrogens is 2. The van der Waals surface area contributed by atoms with E-state index >= 15 is 0 Å². The van der Waals surface area contributed by atoms with Crippen LogP contribution in [0, 0.1) is 19.3 Å². The van der Waals surface area contributed by atoms with Gasteiger partial charge < -0.3 is 9.64 Å². The maximum absolute atomic E-state index is 13.3. The summed E-state index contributed by atoms with van der Waals surface area (Å²) in [5.41, 5.74) is 3.07. The van der Waals surface area contributed by atoms with Crippen molar-refractivity contribution in [1.82, 2.24) is 14.9 Å². The number of aryl methyl sites for hydroxylation is 2. The molecule has 1 aromatic carbocycles. The molecule has 0 bridgehead atoms. The summed E-state index contributed by atoms with van der Waals surface area (Å²) in [6.07, 6.45) is 1.32. The van der Waals surface area contributed by atoms with E-state index in [1.54, 1.807) is 0 Å². The van der Waals surface area contributed by atoms with Crippen LogP contribution in [0.2, 0.25) is 0 Å². The van der Waals surface area contributed by atoms with Crippen LogP contribution in [0.15, 0.2) is 36.7 Å². The quantitative estimate of drug-likeness (QED) is 0.826. The van der Waals surface area contributed by atoms with Crippen LogP contribution in [0.3, 0.4) is 0 Å². The number of hydrogen-bond acceptors (Lipinski definition) is 4. The highest BCUT2D eigenvalue weighted by Crippen LogP contribution is 2.34. The molecule has 5 nitrogen and oxygen atoms in total. The van der Waals surface area contributed by atoms with E-state index < -0.39 is 0 Å². The Bertz CT molecular complexity index is 763. The molecule has 2 aromatic rings. The Hall–Kier alpha value is -2.27. The third-order valence-electron chi connectivity index (χ3n) is 4.97. The number of rotatable bonds is 2. The number of carbonyl (C=O) groups excluding carboxylic acids is 1. The van der Waals surface area contributed by atoms with Crippen LogP contribution in [0.25, 0.3) is 0 Å². The monoisotopic (exact) mass is 353 g/mol. The van der Waals surface area contributed by atoms with Gasteiger partial charge in [0.25, 0.3) is 5.91 Å². The highest BCUT2D eigenvalue weighted by atomic mass is 16.5. The van der Waals surface area contributed by atoms with Crippen LogP contribution < -0.4 is 0 Å². The Labute approximate surface area is 155 Å². The van der Waals surface area contributed by atoms with Crippen LogP contribution in [-0.4, -0.2) is 40.0 Å². The molecule has 3 rings (SSSR count). The fraction of sp³-hybridized carbons (Fsp3) is 0.476. The van der Waals surface area contributed by atoms with Crippen molar-refractivity contribution in [2.24, 2.45) is 5.41 Å². The molecule has 1 aliphatic rings. The summed E-state index contributed by atoms with van der Waals surface area (Å²) in [5, 5.41) is 0. The van der Waals surface area contributed by atoms with E-state index in [2.05, 4.69) is 42.9 Å². The first-order valence-electron chi connectivity index (χ1n) is 9.05. The van der Waals surface area contributed by atoms with E-state index in [4.69, 9.17) is 4.74 Å². The fourth-order valence-corrected chi connectivity index (χ4v) is 3.32. The second-order valence-corrected chi connectivity index (χ2v) is 8.02. The summed E-state index contributed by atoms with van der Waals surface area (Å²) in [5.74, 6) is -0.0147. The molecule has 0 radical (unpaired) electrons. The van der Waals surface area contributed by atoms with Crippen molar-refractivity contribution < 1.29 is 9.53 Å². The Balaban J connectivity index is 1.94. The zero-order valence-electron chi connectivity index (χ0n) is 16.2. The van der Waals surface area contributed by atoms with Crippen molar-refractivity contribution in [3.63, 3.8) is 0 Å². The minimum atomic E-state index is -0.136. The maximum Gasteiger partial charge on any atom is 0.257 e. The van der Waals surface area contributed by atoms with Crippen LogP contribution in [-0.2, 0) is 4.74 Å². The summed E-state index contributed by atoms with van der Waals surface area (Å²) >= 11 is 0. The Kier molecular flexibility index (Phi) is 5.10. The predicted octanol–water partition coefficient (Wildman–Crippen LogP) is 3.72. The summed E-state index contributed by atoms with van der Waals surface area (Å²) < 4.78 is 6.39. The maximum atomic E-state index is 13.3. The topological polar surface area (TPSA) is 55.3 Å². The number of ether oxygens (including phenoxy) is 1. The SMILES string of the molecule is Cc1ncnc(C)c1C(=O)N1C[C@@H](c2ccccc2)O[C@@H](C(C)(C)C)C1. The highest BCUT2D eigenvalue weighted by Gasteiger charge is 2.38. The summed E-state index contributed by atoms with van der Waals surface area (Å²) in [7, 11) is 0. The number of nitrogens with zero attached hydrogens (tertiary/aromatic N) is 3. The zero-order valence-corrected chi connectivity index (χ0v) is 16.2. The molecule has 2 heterocycles. The smallest absolute Gasteiger partial charge is 0.257 e. The molecular weight excluding hydrogens is 326 g/mol. The normalized spacial score (nSPS) is 20.9. The molecule has 0 saturated carbocycles. The third kappa shape index (κ3) is 3.78. The van der Waals surface area contributed by atoms with Gasteiger partial charge in [-0.05, 0) is 24.8 Å². The zero-order chi connectivity index (χ0) is 18.9. The van der Waals surface area contributed by atoms with Crippen molar-refractivity contribution >= 4 is 5.91 Å². The molecule has 0 aliphatic carbocycles. The van der Waals surface area contributed by atoms with Gasteiger partial charge in [0.15, 0.2) is 0 Å². The molecular formula is C21H27N3O2. The third-order valence-corrected chi connectivity index (χ3v) is 4.97. The largest absolute Gasteiger partial charge is 0.366 e. The summed E-state index contributed by atoms with van der Waals surface area (Å²) in [4.78, 5) is 23.6. The molecule has 0 N–H and O–H groups in total. The number of amides is 1. The lowest BCUT2D eigenvalue weighted by molar-refractivity contribution is -0.119. The van der Waals surface area contributed by atoms with Crippen LogP contribution in [0.4, 0.5) is 0 Å². The van der Waals surface area contributed by atoms with E-state index in [1.807, 2.05) is 36.9 Å². The summed E-state index contributed by atoms with van der Waals surface area (Å²) in [6, 6.07) is 10.1. The molecule has 138 valence electrons. The average Bonchev–Trinajstić information content (AvgIpc) is 2.61. The van der Waals surface area contributed by atoms with Gasteiger partial charge in [0.1, 0.15) is 12.4 Å². The number of hydrogen-bond donors (Lipinski definition) is 0. The molecule has 26 heavy (non-hydrogen) atoms. The lowest BCUT2D eigenvalue weighted by Gasteiger charge is -2.43.